The first-order chi connectivity index (χ1) is 5.86. The zero-order chi connectivity index (χ0) is 8.39. The van der Waals surface area contributed by atoms with Crippen molar-refractivity contribution in [3.8, 4) is 0 Å². The van der Waals surface area contributed by atoms with Gasteiger partial charge in [-0.25, -0.2) is 0 Å². The van der Waals surface area contributed by atoms with Gasteiger partial charge in [0.2, 0.25) is 0 Å². The van der Waals surface area contributed by atoms with E-state index in [1.807, 2.05) is 12.1 Å². The molecular formula is C11H12O. The Morgan fingerprint density at radius 1 is 1.25 bits per heavy atom. The zero-order valence-electron chi connectivity index (χ0n) is 7.21. The van der Waals surface area contributed by atoms with Crippen LogP contribution < -0.4 is 0 Å². The molecule has 0 atom stereocenters. The lowest BCUT2D eigenvalue weighted by molar-refractivity contribution is 0.549. The Kier molecular flexibility index (Phi) is 1.86. The van der Waals surface area contributed by atoms with E-state index in [0.717, 1.165) is 18.6 Å². The van der Waals surface area contributed by atoms with Crippen LogP contribution in [0, 0.1) is 0 Å². The van der Waals surface area contributed by atoms with E-state index in [4.69, 9.17) is 4.42 Å². The first-order valence-corrected chi connectivity index (χ1v) is 4.26. The van der Waals surface area contributed by atoms with Gasteiger partial charge in [0.1, 0.15) is 5.76 Å². The molecule has 1 heterocycles. The van der Waals surface area contributed by atoms with Gasteiger partial charge in [0.05, 0.1) is 6.26 Å². The SMILES string of the molecule is CC1=CC=C(c2ccco2)CC1. The van der Waals surface area contributed by atoms with E-state index < -0.39 is 0 Å². The van der Waals surface area contributed by atoms with Crippen LogP contribution in [0.1, 0.15) is 25.5 Å². The lowest BCUT2D eigenvalue weighted by Gasteiger charge is -2.08. The van der Waals surface area contributed by atoms with Crippen LogP contribution in [0.5, 0.6) is 0 Å². The summed E-state index contributed by atoms with van der Waals surface area (Å²) in [6, 6.07) is 3.95. The Morgan fingerprint density at radius 2 is 2.17 bits per heavy atom. The van der Waals surface area contributed by atoms with Crippen molar-refractivity contribution in [2.45, 2.75) is 19.8 Å². The van der Waals surface area contributed by atoms with Crippen molar-refractivity contribution in [3.05, 3.63) is 41.9 Å². The molecule has 0 aliphatic heterocycles. The van der Waals surface area contributed by atoms with Gasteiger partial charge in [0, 0.05) is 0 Å². The fraction of sp³-hybridized carbons (Fsp3) is 0.273. The Labute approximate surface area is 72.4 Å². The smallest absolute Gasteiger partial charge is 0.129 e. The van der Waals surface area contributed by atoms with Crippen molar-refractivity contribution in [1.82, 2.24) is 0 Å². The highest BCUT2D eigenvalue weighted by atomic mass is 16.3. The molecule has 1 aromatic heterocycles. The first kappa shape index (κ1) is 7.41. The van der Waals surface area contributed by atoms with Crippen molar-refractivity contribution < 1.29 is 4.42 Å². The van der Waals surface area contributed by atoms with Gasteiger partial charge >= 0.3 is 0 Å². The van der Waals surface area contributed by atoms with E-state index in [0.29, 0.717) is 0 Å². The van der Waals surface area contributed by atoms with Crippen molar-refractivity contribution in [2.75, 3.05) is 0 Å². The number of furan rings is 1. The van der Waals surface area contributed by atoms with Gasteiger partial charge in [-0.1, -0.05) is 17.7 Å². The summed E-state index contributed by atoms with van der Waals surface area (Å²) in [5.74, 6) is 1.01. The highest BCUT2D eigenvalue weighted by Gasteiger charge is 2.07. The topological polar surface area (TPSA) is 13.1 Å². The molecule has 1 aliphatic rings. The molecule has 1 aromatic rings. The predicted octanol–water partition coefficient (Wildman–Crippen LogP) is 3.40. The Bertz CT molecular complexity index is 315. The van der Waals surface area contributed by atoms with E-state index in [2.05, 4.69) is 19.1 Å². The van der Waals surface area contributed by atoms with E-state index in [1.54, 1.807) is 6.26 Å². The van der Waals surface area contributed by atoms with Crippen LogP contribution in [-0.4, -0.2) is 0 Å². The van der Waals surface area contributed by atoms with Crippen molar-refractivity contribution >= 4 is 5.57 Å². The molecule has 1 aliphatic carbocycles. The van der Waals surface area contributed by atoms with Crippen LogP contribution in [0.2, 0.25) is 0 Å². The number of rotatable bonds is 1. The van der Waals surface area contributed by atoms with Crippen LogP contribution in [-0.2, 0) is 0 Å². The quantitative estimate of drug-likeness (QED) is 0.613. The van der Waals surface area contributed by atoms with Crippen LogP contribution in [0.15, 0.2) is 40.5 Å². The molecule has 1 nitrogen and oxygen atoms in total. The van der Waals surface area contributed by atoms with Gasteiger partial charge in [-0.15, -0.1) is 0 Å². The van der Waals surface area contributed by atoms with Crippen LogP contribution in [0.3, 0.4) is 0 Å². The van der Waals surface area contributed by atoms with Crippen LogP contribution in [0.25, 0.3) is 5.57 Å². The highest BCUT2D eigenvalue weighted by molar-refractivity contribution is 5.64. The second-order valence-corrected chi connectivity index (χ2v) is 3.18. The summed E-state index contributed by atoms with van der Waals surface area (Å²) in [5.41, 5.74) is 2.76. The fourth-order valence-corrected chi connectivity index (χ4v) is 1.41. The molecule has 0 saturated heterocycles. The van der Waals surface area contributed by atoms with Gasteiger partial charge in [-0.2, -0.15) is 0 Å². The largest absolute Gasteiger partial charge is 0.465 e. The molecule has 0 aromatic carbocycles. The van der Waals surface area contributed by atoms with Gasteiger partial charge < -0.3 is 4.42 Å². The first-order valence-electron chi connectivity index (χ1n) is 4.26. The molecule has 0 amide bonds. The standard InChI is InChI=1S/C11H12O/c1-9-4-6-10(7-5-9)11-3-2-8-12-11/h2-4,6,8H,5,7H2,1H3. The summed E-state index contributed by atoms with van der Waals surface area (Å²) in [7, 11) is 0. The second-order valence-electron chi connectivity index (χ2n) is 3.18. The Hall–Kier alpha value is -1.24. The maximum absolute atomic E-state index is 5.31. The van der Waals surface area contributed by atoms with Crippen molar-refractivity contribution in [2.24, 2.45) is 0 Å². The average Bonchev–Trinajstić information content (AvgIpc) is 2.58. The minimum Gasteiger partial charge on any atom is -0.465 e. The maximum atomic E-state index is 5.31. The van der Waals surface area contributed by atoms with Crippen molar-refractivity contribution in [1.29, 1.82) is 0 Å². The van der Waals surface area contributed by atoms with Gasteiger partial charge in [-0.3, -0.25) is 0 Å². The third-order valence-corrected chi connectivity index (χ3v) is 2.20. The average molecular weight is 160 g/mol. The molecule has 1 heteroatoms. The lowest BCUT2D eigenvalue weighted by Crippen LogP contribution is -1.88. The van der Waals surface area contributed by atoms with Gasteiger partial charge in [-0.05, 0) is 37.5 Å². The lowest BCUT2D eigenvalue weighted by atomic mass is 9.98. The van der Waals surface area contributed by atoms with E-state index in [-0.39, 0.29) is 0 Å². The van der Waals surface area contributed by atoms with E-state index >= 15 is 0 Å². The van der Waals surface area contributed by atoms with Crippen LogP contribution in [0.4, 0.5) is 0 Å². The van der Waals surface area contributed by atoms with Crippen molar-refractivity contribution in [3.63, 3.8) is 0 Å². The summed E-state index contributed by atoms with van der Waals surface area (Å²) in [4.78, 5) is 0. The summed E-state index contributed by atoms with van der Waals surface area (Å²) < 4.78 is 5.31. The molecule has 12 heavy (non-hydrogen) atoms. The molecule has 0 spiro atoms. The number of hydrogen-bond donors (Lipinski definition) is 0. The summed E-state index contributed by atoms with van der Waals surface area (Å²) in [5, 5.41) is 0. The molecule has 0 saturated carbocycles. The summed E-state index contributed by atoms with van der Waals surface area (Å²) in [6.07, 6.45) is 8.31. The molecule has 0 unspecified atom stereocenters. The molecule has 0 radical (unpaired) electrons. The molecule has 62 valence electrons. The van der Waals surface area contributed by atoms with Gasteiger partial charge in [0.25, 0.3) is 0 Å². The second kappa shape index (κ2) is 3.02. The molecule has 0 N–H and O–H groups in total. The van der Waals surface area contributed by atoms with Gasteiger partial charge in [0.15, 0.2) is 0 Å². The molecule has 2 rings (SSSR count). The predicted molar refractivity (Wildman–Crippen MR) is 49.7 cm³/mol. The monoisotopic (exact) mass is 160 g/mol. The van der Waals surface area contributed by atoms with E-state index in [9.17, 15) is 0 Å². The zero-order valence-corrected chi connectivity index (χ0v) is 7.21. The fourth-order valence-electron chi connectivity index (χ4n) is 1.41. The molecule has 0 bridgehead atoms. The minimum atomic E-state index is 1.01. The normalized spacial score (nSPS) is 17.1. The number of hydrogen-bond acceptors (Lipinski definition) is 1. The summed E-state index contributed by atoms with van der Waals surface area (Å²) in [6.45, 7) is 2.16. The highest BCUT2D eigenvalue weighted by Crippen LogP contribution is 2.26. The third kappa shape index (κ3) is 1.35. The molecular weight excluding hydrogens is 148 g/mol. The molecule has 0 fully saturated rings. The summed E-state index contributed by atoms with van der Waals surface area (Å²) >= 11 is 0. The Morgan fingerprint density at radius 3 is 2.75 bits per heavy atom. The van der Waals surface area contributed by atoms with E-state index in [1.165, 1.54) is 11.1 Å². The minimum absolute atomic E-state index is 1.01. The Balaban J connectivity index is 2.27. The third-order valence-electron chi connectivity index (χ3n) is 2.20. The maximum Gasteiger partial charge on any atom is 0.129 e. The number of allylic oxidation sites excluding steroid dienone is 4. The van der Waals surface area contributed by atoms with Crippen LogP contribution >= 0.6 is 0 Å².